The van der Waals surface area contributed by atoms with E-state index in [1.54, 1.807) is 17.4 Å². The lowest BCUT2D eigenvalue weighted by atomic mass is 10.3. The second kappa shape index (κ2) is 6.12. The minimum atomic E-state index is 0.445. The molecule has 0 aliphatic rings. The molecule has 2 rings (SSSR count). The van der Waals surface area contributed by atoms with Gasteiger partial charge in [0.25, 0.3) is 0 Å². The van der Waals surface area contributed by atoms with Gasteiger partial charge in [-0.2, -0.15) is 5.26 Å². The van der Waals surface area contributed by atoms with Crippen LogP contribution in [-0.4, -0.2) is 9.97 Å². The normalized spacial score (nSPS) is 10.0. The Morgan fingerprint density at radius 3 is 3.11 bits per heavy atom. The standard InChI is InChI=1S/C13H14N4S/c1-2-4-12-9-16-13(18-12)15-8-11-6-3-5-10(7-14)17-11/h3,5-6,9H,2,4,8H2,1H3,(H,15,16). The van der Waals surface area contributed by atoms with E-state index < -0.39 is 0 Å². The fraction of sp³-hybridized carbons (Fsp3) is 0.308. The average molecular weight is 258 g/mol. The summed E-state index contributed by atoms with van der Waals surface area (Å²) in [5.74, 6) is 0. The number of pyridine rings is 1. The van der Waals surface area contributed by atoms with Gasteiger partial charge >= 0.3 is 0 Å². The maximum absolute atomic E-state index is 8.77. The van der Waals surface area contributed by atoms with Crippen LogP contribution in [-0.2, 0) is 13.0 Å². The Labute approximate surface area is 110 Å². The van der Waals surface area contributed by atoms with Gasteiger partial charge in [0, 0.05) is 11.1 Å². The fourth-order valence-electron chi connectivity index (χ4n) is 1.56. The van der Waals surface area contributed by atoms with Crippen molar-refractivity contribution in [1.29, 1.82) is 5.26 Å². The highest BCUT2D eigenvalue weighted by atomic mass is 32.1. The first kappa shape index (κ1) is 12.5. The van der Waals surface area contributed by atoms with Crippen LogP contribution in [0.4, 0.5) is 5.13 Å². The van der Waals surface area contributed by atoms with E-state index in [0.717, 1.165) is 23.7 Å². The molecule has 0 radical (unpaired) electrons. The molecule has 0 saturated carbocycles. The van der Waals surface area contributed by atoms with Crippen molar-refractivity contribution in [2.24, 2.45) is 0 Å². The zero-order chi connectivity index (χ0) is 12.8. The molecule has 1 N–H and O–H groups in total. The molecule has 4 nitrogen and oxygen atoms in total. The first-order valence-corrected chi connectivity index (χ1v) is 6.68. The lowest BCUT2D eigenvalue weighted by Gasteiger charge is -2.01. The summed E-state index contributed by atoms with van der Waals surface area (Å²) in [5, 5.41) is 12.9. The van der Waals surface area contributed by atoms with E-state index in [1.807, 2.05) is 24.4 Å². The third-order valence-corrected chi connectivity index (χ3v) is 3.41. The Balaban J connectivity index is 1.96. The van der Waals surface area contributed by atoms with Gasteiger partial charge in [-0.05, 0) is 18.6 Å². The molecular weight excluding hydrogens is 244 g/mol. The molecule has 0 unspecified atom stereocenters. The molecule has 0 bridgehead atoms. The Morgan fingerprint density at radius 2 is 2.33 bits per heavy atom. The highest BCUT2D eigenvalue weighted by molar-refractivity contribution is 7.15. The molecule has 0 amide bonds. The number of aryl methyl sites for hydroxylation is 1. The smallest absolute Gasteiger partial charge is 0.183 e. The van der Waals surface area contributed by atoms with E-state index >= 15 is 0 Å². The van der Waals surface area contributed by atoms with Crippen molar-refractivity contribution in [1.82, 2.24) is 9.97 Å². The van der Waals surface area contributed by atoms with Gasteiger partial charge in [-0.15, -0.1) is 11.3 Å². The van der Waals surface area contributed by atoms with Crippen LogP contribution in [0.3, 0.4) is 0 Å². The van der Waals surface area contributed by atoms with Crippen LogP contribution in [0.1, 0.15) is 29.6 Å². The summed E-state index contributed by atoms with van der Waals surface area (Å²) in [6.07, 6.45) is 4.12. The molecule has 92 valence electrons. The van der Waals surface area contributed by atoms with Gasteiger partial charge in [-0.3, -0.25) is 0 Å². The van der Waals surface area contributed by atoms with Gasteiger partial charge in [0.2, 0.25) is 0 Å². The maximum atomic E-state index is 8.77. The SMILES string of the molecule is CCCc1cnc(NCc2cccc(C#N)n2)s1. The van der Waals surface area contributed by atoms with Crippen LogP contribution >= 0.6 is 11.3 Å². The van der Waals surface area contributed by atoms with Crippen LogP contribution in [0.15, 0.2) is 24.4 Å². The van der Waals surface area contributed by atoms with E-state index in [4.69, 9.17) is 5.26 Å². The quantitative estimate of drug-likeness (QED) is 0.895. The Kier molecular flexibility index (Phi) is 4.26. The lowest BCUT2D eigenvalue weighted by Crippen LogP contribution is -2.01. The van der Waals surface area contributed by atoms with Crippen LogP contribution in [0.5, 0.6) is 0 Å². The van der Waals surface area contributed by atoms with E-state index in [-0.39, 0.29) is 0 Å². The highest BCUT2D eigenvalue weighted by Gasteiger charge is 2.02. The Morgan fingerprint density at radius 1 is 1.44 bits per heavy atom. The molecule has 0 saturated heterocycles. The van der Waals surface area contributed by atoms with Crippen molar-refractivity contribution in [3.8, 4) is 6.07 Å². The molecule has 2 heterocycles. The van der Waals surface area contributed by atoms with Crippen LogP contribution < -0.4 is 5.32 Å². The minimum Gasteiger partial charge on any atom is -0.356 e. The number of rotatable bonds is 5. The molecular formula is C13H14N4S. The molecule has 2 aromatic heterocycles. The summed E-state index contributed by atoms with van der Waals surface area (Å²) in [4.78, 5) is 9.80. The van der Waals surface area contributed by atoms with Crippen molar-refractivity contribution < 1.29 is 0 Å². The molecule has 18 heavy (non-hydrogen) atoms. The first-order chi connectivity index (χ1) is 8.81. The van der Waals surface area contributed by atoms with Gasteiger partial charge in [0.1, 0.15) is 11.8 Å². The van der Waals surface area contributed by atoms with Crippen LogP contribution in [0.25, 0.3) is 0 Å². The van der Waals surface area contributed by atoms with Crippen LogP contribution in [0, 0.1) is 11.3 Å². The zero-order valence-electron chi connectivity index (χ0n) is 10.2. The number of nitrogens with zero attached hydrogens (tertiary/aromatic N) is 3. The van der Waals surface area contributed by atoms with E-state index in [1.165, 1.54) is 4.88 Å². The van der Waals surface area contributed by atoms with E-state index in [9.17, 15) is 0 Å². The molecule has 0 atom stereocenters. The highest BCUT2D eigenvalue weighted by Crippen LogP contribution is 2.19. The van der Waals surface area contributed by atoms with Gasteiger partial charge in [0.05, 0.1) is 12.2 Å². The average Bonchev–Trinajstić information content (AvgIpc) is 2.85. The van der Waals surface area contributed by atoms with Gasteiger partial charge < -0.3 is 5.32 Å². The van der Waals surface area contributed by atoms with Gasteiger partial charge in [0.15, 0.2) is 5.13 Å². The molecule has 2 aromatic rings. The zero-order valence-corrected chi connectivity index (χ0v) is 11.0. The summed E-state index contributed by atoms with van der Waals surface area (Å²) in [6, 6.07) is 7.47. The van der Waals surface area contributed by atoms with Crippen molar-refractivity contribution in [3.05, 3.63) is 40.7 Å². The topological polar surface area (TPSA) is 61.6 Å². The summed E-state index contributed by atoms with van der Waals surface area (Å²) in [5.41, 5.74) is 1.29. The maximum Gasteiger partial charge on any atom is 0.183 e. The van der Waals surface area contributed by atoms with E-state index in [2.05, 4.69) is 22.2 Å². The molecule has 0 fully saturated rings. The summed E-state index contributed by atoms with van der Waals surface area (Å²) in [6.45, 7) is 2.75. The number of thiazole rings is 1. The number of aromatic nitrogens is 2. The second-order valence-electron chi connectivity index (χ2n) is 3.86. The summed E-state index contributed by atoms with van der Waals surface area (Å²) >= 11 is 1.67. The lowest BCUT2D eigenvalue weighted by molar-refractivity contribution is 0.936. The van der Waals surface area contributed by atoms with Crippen molar-refractivity contribution >= 4 is 16.5 Å². The number of hydrogen-bond acceptors (Lipinski definition) is 5. The molecule has 0 aliphatic heterocycles. The number of nitrogens with one attached hydrogen (secondary N) is 1. The largest absolute Gasteiger partial charge is 0.356 e. The summed E-state index contributed by atoms with van der Waals surface area (Å²) < 4.78 is 0. The summed E-state index contributed by atoms with van der Waals surface area (Å²) in [7, 11) is 0. The van der Waals surface area contributed by atoms with Crippen LogP contribution in [0.2, 0.25) is 0 Å². The number of nitriles is 1. The first-order valence-electron chi connectivity index (χ1n) is 5.86. The fourth-order valence-corrected chi connectivity index (χ4v) is 2.47. The molecule has 0 spiro atoms. The van der Waals surface area contributed by atoms with Crippen molar-refractivity contribution in [3.63, 3.8) is 0 Å². The number of hydrogen-bond donors (Lipinski definition) is 1. The second-order valence-corrected chi connectivity index (χ2v) is 4.98. The number of anilines is 1. The molecule has 5 heteroatoms. The predicted molar refractivity (Wildman–Crippen MR) is 72.4 cm³/mol. The Bertz CT molecular complexity index is 556. The Hall–Kier alpha value is -1.93. The van der Waals surface area contributed by atoms with Crippen molar-refractivity contribution in [2.75, 3.05) is 5.32 Å². The predicted octanol–water partition coefficient (Wildman–Crippen LogP) is 2.97. The van der Waals surface area contributed by atoms with Gasteiger partial charge in [-0.1, -0.05) is 19.4 Å². The van der Waals surface area contributed by atoms with Gasteiger partial charge in [-0.25, -0.2) is 9.97 Å². The monoisotopic (exact) mass is 258 g/mol. The minimum absolute atomic E-state index is 0.445. The third kappa shape index (κ3) is 3.28. The van der Waals surface area contributed by atoms with Crippen molar-refractivity contribution in [2.45, 2.75) is 26.3 Å². The van der Waals surface area contributed by atoms with E-state index in [0.29, 0.717) is 12.2 Å². The third-order valence-electron chi connectivity index (χ3n) is 2.39. The molecule has 0 aliphatic carbocycles. The molecule has 0 aromatic carbocycles.